The van der Waals surface area contributed by atoms with Crippen LogP contribution in [0.3, 0.4) is 0 Å². The standard InChI is InChI=1S/C20H19N3O3/c1-4-11-26-18-10-9-15(12-19(18)25-3)13-21-23-14(2)22-17-8-6-5-7-16(17)20(23)24/h4-10,12-13H,1,11H2,2-3H3/b21-13+. The summed E-state index contributed by atoms with van der Waals surface area (Å²) in [7, 11) is 1.57. The molecule has 2 aromatic carbocycles. The minimum atomic E-state index is -0.206. The number of para-hydroxylation sites is 1. The Morgan fingerprint density at radius 2 is 2.04 bits per heavy atom. The van der Waals surface area contributed by atoms with Crippen LogP contribution >= 0.6 is 0 Å². The van der Waals surface area contributed by atoms with E-state index in [9.17, 15) is 4.79 Å². The first-order chi connectivity index (χ1) is 12.6. The van der Waals surface area contributed by atoms with Crippen molar-refractivity contribution in [2.45, 2.75) is 6.92 Å². The average Bonchev–Trinajstić information content (AvgIpc) is 2.66. The smallest absolute Gasteiger partial charge is 0.282 e. The Morgan fingerprint density at radius 3 is 2.81 bits per heavy atom. The maximum absolute atomic E-state index is 12.6. The van der Waals surface area contributed by atoms with E-state index in [0.717, 1.165) is 5.56 Å². The monoisotopic (exact) mass is 349 g/mol. The molecule has 0 aliphatic heterocycles. The molecule has 6 heteroatoms. The largest absolute Gasteiger partial charge is 0.493 e. The number of hydrogen-bond donors (Lipinski definition) is 0. The zero-order chi connectivity index (χ0) is 18.5. The van der Waals surface area contributed by atoms with E-state index in [1.165, 1.54) is 4.68 Å². The summed E-state index contributed by atoms with van der Waals surface area (Å²) in [6.07, 6.45) is 3.25. The van der Waals surface area contributed by atoms with Crippen molar-refractivity contribution in [3.05, 3.63) is 76.9 Å². The molecule has 0 radical (unpaired) electrons. The summed E-state index contributed by atoms with van der Waals surface area (Å²) >= 11 is 0. The van der Waals surface area contributed by atoms with E-state index in [-0.39, 0.29) is 5.56 Å². The van der Waals surface area contributed by atoms with Crippen LogP contribution in [0.2, 0.25) is 0 Å². The molecule has 0 N–H and O–H groups in total. The van der Waals surface area contributed by atoms with Gasteiger partial charge in [0.15, 0.2) is 11.5 Å². The van der Waals surface area contributed by atoms with Crippen molar-refractivity contribution in [3.63, 3.8) is 0 Å². The van der Waals surface area contributed by atoms with Crippen molar-refractivity contribution in [2.75, 3.05) is 13.7 Å². The predicted octanol–water partition coefficient (Wildman–Crippen LogP) is 3.16. The molecule has 0 amide bonds. The van der Waals surface area contributed by atoms with Gasteiger partial charge < -0.3 is 9.47 Å². The first kappa shape index (κ1) is 17.4. The van der Waals surface area contributed by atoms with Crippen LogP contribution < -0.4 is 15.0 Å². The van der Waals surface area contributed by atoms with Gasteiger partial charge in [-0.25, -0.2) is 4.98 Å². The highest BCUT2D eigenvalue weighted by molar-refractivity contribution is 5.81. The molecule has 0 saturated heterocycles. The lowest BCUT2D eigenvalue weighted by Gasteiger charge is -2.09. The molecule has 0 atom stereocenters. The summed E-state index contributed by atoms with van der Waals surface area (Å²) < 4.78 is 12.2. The fourth-order valence-corrected chi connectivity index (χ4v) is 2.53. The van der Waals surface area contributed by atoms with E-state index < -0.39 is 0 Å². The highest BCUT2D eigenvalue weighted by Gasteiger charge is 2.07. The molecular weight excluding hydrogens is 330 g/mol. The van der Waals surface area contributed by atoms with Crippen molar-refractivity contribution in [2.24, 2.45) is 5.10 Å². The lowest BCUT2D eigenvalue weighted by Crippen LogP contribution is -2.20. The third kappa shape index (κ3) is 3.49. The average molecular weight is 349 g/mol. The van der Waals surface area contributed by atoms with Crippen molar-refractivity contribution >= 4 is 17.1 Å². The maximum atomic E-state index is 12.6. The van der Waals surface area contributed by atoms with Crippen LogP contribution in [-0.2, 0) is 0 Å². The molecule has 0 spiro atoms. The second-order valence-electron chi connectivity index (χ2n) is 5.55. The summed E-state index contributed by atoms with van der Waals surface area (Å²) in [5.41, 5.74) is 1.22. The summed E-state index contributed by atoms with van der Waals surface area (Å²) in [5, 5.41) is 4.83. The molecule has 0 unspecified atom stereocenters. The van der Waals surface area contributed by atoms with Gasteiger partial charge in [-0.2, -0.15) is 9.78 Å². The lowest BCUT2D eigenvalue weighted by molar-refractivity contribution is 0.326. The van der Waals surface area contributed by atoms with Crippen LogP contribution in [0.4, 0.5) is 0 Å². The molecule has 0 bridgehead atoms. The number of methoxy groups -OCH3 is 1. The maximum Gasteiger partial charge on any atom is 0.282 e. The van der Waals surface area contributed by atoms with Crippen molar-refractivity contribution < 1.29 is 9.47 Å². The first-order valence-corrected chi connectivity index (χ1v) is 8.08. The summed E-state index contributed by atoms with van der Waals surface area (Å²) in [4.78, 5) is 17.0. The fourth-order valence-electron chi connectivity index (χ4n) is 2.53. The zero-order valence-corrected chi connectivity index (χ0v) is 14.7. The third-order valence-corrected chi connectivity index (χ3v) is 3.78. The van der Waals surface area contributed by atoms with Crippen molar-refractivity contribution in [1.82, 2.24) is 9.66 Å². The Bertz CT molecular complexity index is 1040. The van der Waals surface area contributed by atoms with Gasteiger partial charge in [-0.05, 0) is 42.8 Å². The Balaban J connectivity index is 1.96. The minimum Gasteiger partial charge on any atom is -0.493 e. The Kier molecular flexibility index (Phi) is 5.12. The Hall–Kier alpha value is -3.41. The van der Waals surface area contributed by atoms with E-state index >= 15 is 0 Å². The van der Waals surface area contributed by atoms with Gasteiger partial charge >= 0.3 is 0 Å². The number of benzene rings is 2. The van der Waals surface area contributed by atoms with Gasteiger partial charge in [0.25, 0.3) is 5.56 Å². The molecule has 3 rings (SSSR count). The van der Waals surface area contributed by atoms with Crippen molar-refractivity contribution in [3.8, 4) is 11.5 Å². The number of nitrogens with zero attached hydrogens (tertiary/aromatic N) is 3. The molecule has 0 fully saturated rings. The first-order valence-electron chi connectivity index (χ1n) is 8.08. The zero-order valence-electron chi connectivity index (χ0n) is 14.7. The highest BCUT2D eigenvalue weighted by atomic mass is 16.5. The molecular formula is C20H19N3O3. The molecule has 0 aliphatic carbocycles. The second kappa shape index (κ2) is 7.65. The van der Waals surface area contributed by atoms with Gasteiger partial charge in [0.2, 0.25) is 0 Å². The summed E-state index contributed by atoms with van der Waals surface area (Å²) in [6.45, 7) is 5.76. The SMILES string of the molecule is C=CCOc1ccc(/C=N/n2c(C)nc3ccccc3c2=O)cc1OC. The summed E-state index contributed by atoms with van der Waals surface area (Å²) in [6, 6.07) is 12.6. The molecule has 132 valence electrons. The number of fused-ring (bicyclic) bond motifs is 1. The second-order valence-corrected chi connectivity index (χ2v) is 5.55. The topological polar surface area (TPSA) is 65.7 Å². The third-order valence-electron chi connectivity index (χ3n) is 3.78. The fraction of sp³-hybridized carbons (Fsp3) is 0.150. The molecule has 6 nitrogen and oxygen atoms in total. The van der Waals surface area contributed by atoms with Crippen LogP contribution in [0.5, 0.6) is 11.5 Å². The summed E-state index contributed by atoms with van der Waals surface area (Å²) in [5.74, 6) is 1.71. The predicted molar refractivity (Wildman–Crippen MR) is 102 cm³/mol. The van der Waals surface area contributed by atoms with E-state index in [4.69, 9.17) is 9.47 Å². The van der Waals surface area contributed by atoms with E-state index in [2.05, 4.69) is 16.7 Å². The molecule has 26 heavy (non-hydrogen) atoms. The number of ether oxygens (including phenoxy) is 2. The number of aromatic nitrogens is 2. The van der Waals surface area contributed by atoms with E-state index in [1.807, 2.05) is 24.3 Å². The molecule has 3 aromatic rings. The van der Waals surface area contributed by atoms with Gasteiger partial charge in [-0.15, -0.1) is 0 Å². The number of hydrogen-bond acceptors (Lipinski definition) is 5. The van der Waals surface area contributed by atoms with Gasteiger partial charge in [-0.3, -0.25) is 4.79 Å². The molecule has 0 saturated carbocycles. The van der Waals surface area contributed by atoms with Gasteiger partial charge in [0.1, 0.15) is 12.4 Å². The number of rotatable bonds is 6. The normalized spacial score (nSPS) is 11.0. The molecule has 1 aromatic heterocycles. The van der Waals surface area contributed by atoms with E-state index in [0.29, 0.717) is 34.8 Å². The lowest BCUT2D eigenvalue weighted by atomic mass is 10.2. The van der Waals surface area contributed by atoms with Crippen LogP contribution in [0, 0.1) is 6.92 Å². The number of aryl methyl sites for hydroxylation is 1. The van der Waals surface area contributed by atoms with Gasteiger partial charge in [0.05, 0.1) is 24.2 Å². The van der Waals surface area contributed by atoms with Crippen LogP contribution in [0.1, 0.15) is 11.4 Å². The Labute approximate surface area is 151 Å². The van der Waals surface area contributed by atoms with Gasteiger partial charge in [0, 0.05) is 0 Å². The minimum absolute atomic E-state index is 0.206. The highest BCUT2D eigenvalue weighted by Crippen LogP contribution is 2.27. The van der Waals surface area contributed by atoms with Crippen LogP contribution in [0.25, 0.3) is 10.9 Å². The van der Waals surface area contributed by atoms with Crippen LogP contribution in [0.15, 0.2) is 65.0 Å². The Morgan fingerprint density at radius 1 is 1.23 bits per heavy atom. The van der Waals surface area contributed by atoms with Crippen LogP contribution in [-0.4, -0.2) is 29.6 Å². The van der Waals surface area contributed by atoms with Crippen molar-refractivity contribution in [1.29, 1.82) is 0 Å². The quantitative estimate of drug-likeness (QED) is 0.506. The molecule has 0 aliphatic rings. The van der Waals surface area contributed by atoms with Gasteiger partial charge in [-0.1, -0.05) is 24.8 Å². The molecule has 1 heterocycles. The van der Waals surface area contributed by atoms with E-state index in [1.54, 1.807) is 44.5 Å².